The van der Waals surface area contributed by atoms with Gasteiger partial charge in [0.2, 0.25) is 0 Å². The molecular weight excluding hydrogens is 418 g/mol. The zero-order chi connectivity index (χ0) is 23.6. The Bertz CT molecular complexity index is 736. The molecule has 3 rings (SSSR count). The van der Waals surface area contributed by atoms with E-state index in [0.29, 0.717) is 48.3 Å². The molecule has 1 aliphatic carbocycles. The molecule has 1 aromatic rings. The average Bonchev–Trinajstić information content (AvgIpc) is 3.26. The Labute approximate surface area is 199 Å². The van der Waals surface area contributed by atoms with E-state index in [2.05, 4.69) is 24.5 Å². The highest BCUT2D eigenvalue weighted by atomic mass is 16.5. The van der Waals surface area contributed by atoms with Crippen LogP contribution in [0.15, 0.2) is 18.2 Å². The van der Waals surface area contributed by atoms with Crippen LogP contribution in [0.1, 0.15) is 62.7 Å². The zero-order valence-corrected chi connectivity index (χ0v) is 20.9. The molecule has 1 saturated carbocycles. The van der Waals surface area contributed by atoms with Gasteiger partial charge in [0.15, 0.2) is 11.5 Å². The van der Waals surface area contributed by atoms with E-state index in [0.717, 1.165) is 26.1 Å². The molecular formula is C26H43N3O4. The molecule has 0 bridgehead atoms. The minimum atomic E-state index is 0.0395. The van der Waals surface area contributed by atoms with E-state index in [9.17, 15) is 4.79 Å². The van der Waals surface area contributed by atoms with Crippen molar-refractivity contribution in [2.75, 3.05) is 47.1 Å². The first-order valence-electron chi connectivity index (χ1n) is 12.6. The Morgan fingerprint density at radius 2 is 1.91 bits per heavy atom. The molecule has 7 nitrogen and oxygen atoms in total. The third kappa shape index (κ3) is 7.33. The summed E-state index contributed by atoms with van der Waals surface area (Å²) in [4.78, 5) is 15.6. The zero-order valence-electron chi connectivity index (χ0n) is 20.9. The lowest BCUT2D eigenvalue weighted by Crippen LogP contribution is -2.49. The van der Waals surface area contributed by atoms with Crippen LogP contribution in [0.5, 0.6) is 11.5 Å². The molecule has 2 N–H and O–H groups in total. The second kappa shape index (κ2) is 13.2. The third-order valence-corrected chi connectivity index (χ3v) is 6.87. The molecule has 2 aliphatic rings. The molecule has 186 valence electrons. The number of methoxy groups -OCH3 is 2. The second-order valence-corrected chi connectivity index (χ2v) is 9.64. The van der Waals surface area contributed by atoms with Gasteiger partial charge in [-0.25, -0.2) is 0 Å². The van der Waals surface area contributed by atoms with Crippen molar-refractivity contribution in [3.05, 3.63) is 23.8 Å². The van der Waals surface area contributed by atoms with Crippen LogP contribution in [-0.4, -0.2) is 76.0 Å². The Balaban J connectivity index is 1.67. The van der Waals surface area contributed by atoms with E-state index < -0.39 is 0 Å². The highest BCUT2D eigenvalue weighted by Gasteiger charge is 2.33. The molecule has 1 aliphatic heterocycles. The van der Waals surface area contributed by atoms with E-state index in [4.69, 9.17) is 14.2 Å². The number of amides is 1. The van der Waals surface area contributed by atoms with Crippen molar-refractivity contribution in [2.45, 2.75) is 70.5 Å². The predicted molar refractivity (Wildman–Crippen MR) is 131 cm³/mol. The number of carbonyl (C=O) groups excluding carboxylic acids is 1. The van der Waals surface area contributed by atoms with Crippen molar-refractivity contribution in [3.8, 4) is 11.5 Å². The van der Waals surface area contributed by atoms with Gasteiger partial charge in [0.25, 0.3) is 5.91 Å². The molecule has 1 heterocycles. The van der Waals surface area contributed by atoms with Gasteiger partial charge in [0, 0.05) is 69.4 Å². The highest BCUT2D eigenvalue weighted by Crippen LogP contribution is 2.29. The topological polar surface area (TPSA) is 72.1 Å². The van der Waals surface area contributed by atoms with Crippen molar-refractivity contribution in [1.29, 1.82) is 0 Å². The van der Waals surface area contributed by atoms with Crippen LogP contribution in [-0.2, 0) is 4.74 Å². The summed E-state index contributed by atoms with van der Waals surface area (Å²) in [5.74, 6) is 1.68. The van der Waals surface area contributed by atoms with Gasteiger partial charge in [-0.2, -0.15) is 0 Å². The maximum Gasteiger partial charge on any atom is 0.254 e. The van der Waals surface area contributed by atoms with Crippen molar-refractivity contribution >= 4 is 5.91 Å². The first-order valence-corrected chi connectivity index (χ1v) is 12.6. The van der Waals surface area contributed by atoms with Crippen molar-refractivity contribution < 1.29 is 19.0 Å². The van der Waals surface area contributed by atoms with E-state index in [1.165, 1.54) is 32.1 Å². The smallest absolute Gasteiger partial charge is 0.254 e. The number of rotatable bonds is 12. The third-order valence-electron chi connectivity index (χ3n) is 6.87. The number of ether oxygens (including phenoxy) is 3. The summed E-state index contributed by atoms with van der Waals surface area (Å²) >= 11 is 0. The molecule has 0 aromatic heterocycles. The van der Waals surface area contributed by atoms with Gasteiger partial charge in [0.05, 0.1) is 13.7 Å². The predicted octanol–water partition coefficient (Wildman–Crippen LogP) is 3.47. The summed E-state index contributed by atoms with van der Waals surface area (Å²) in [6, 6.07) is 6.62. The van der Waals surface area contributed by atoms with Gasteiger partial charge in [-0.1, -0.05) is 19.3 Å². The number of nitrogens with one attached hydrogen (secondary N) is 2. The van der Waals surface area contributed by atoms with E-state index in [1.807, 2.05) is 23.1 Å². The molecule has 2 fully saturated rings. The van der Waals surface area contributed by atoms with Crippen LogP contribution >= 0.6 is 0 Å². The van der Waals surface area contributed by atoms with Gasteiger partial charge in [0.1, 0.15) is 0 Å². The van der Waals surface area contributed by atoms with Crippen molar-refractivity contribution in [1.82, 2.24) is 15.5 Å². The molecule has 1 aromatic carbocycles. The fraction of sp³-hybridized carbons (Fsp3) is 0.731. The van der Waals surface area contributed by atoms with Gasteiger partial charge in [-0.05, 0) is 44.9 Å². The SMILES string of the molecule is COCCCOc1cc(C(=O)N(CC2CNCC2NC2CCCCC2)C(C)C)ccc1OC. The maximum absolute atomic E-state index is 13.6. The number of nitrogens with zero attached hydrogens (tertiary/aromatic N) is 1. The first-order chi connectivity index (χ1) is 16.0. The maximum atomic E-state index is 13.6. The number of hydrogen-bond acceptors (Lipinski definition) is 6. The van der Waals surface area contributed by atoms with Crippen LogP contribution in [0.3, 0.4) is 0 Å². The summed E-state index contributed by atoms with van der Waals surface area (Å²) in [6.45, 7) is 7.99. The van der Waals surface area contributed by atoms with E-state index >= 15 is 0 Å². The quantitative estimate of drug-likeness (QED) is 0.465. The van der Waals surface area contributed by atoms with Crippen LogP contribution in [0.2, 0.25) is 0 Å². The Kier molecular flexibility index (Phi) is 10.3. The molecule has 2 unspecified atom stereocenters. The lowest BCUT2D eigenvalue weighted by atomic mass is 9.93. The lowest BCUT2D eigenvalue weighted by Gasteiger charge is -2.34. The molecule has 1 amide bonds. The summed E-state index contributed by atoms with van der Waals surface area (Å²) in [7, 11) is 3.29. The fourth-order valence-corrected chi connectivity index (χ4v) is 4.95. The minimum absolute atomic E-state index is 0.0395. The Morgan fingerprint density at radius 1 is 1.12 bits per heavy atom. The Morgan fingerprint density at radius 3 is 2.61 bits per heavy atom. The van der Waals surface area contributed by atoms with Gasteiger partial charge >= 0.3 is 0 Å². The minimum Gasteiger partial charge on any atom is -0.493 e. The molecule has 1 saturated heterocycles. The average molecular weight is 462 g/mol. The standard InChI is InChI=1S/C26H43N3O4/c1-19(2)29(18-21-16-27-17-23(21)28-22-9-6-5-7-10-22)26(30)20-11-12-24(32-4)25(15-20)33-14-8-13-31-3/h11-12,15,19,21-23,27-28H,5-10,13-14,16-18H2,1-4H3. The van der Waals surface area contributed by atoms with Crippen molar-refractivity contribution in [2.24, 2.45) is 5.92 Å². The van der Waals surface area contributed by atoms with Crippen LogP contribution < -0.4 is 20.1 Å². The normalized spacial score (nSPS) is 21.4. The molecule has 33 heavy (non-hydrogen) atoms. The lowest BCUT2D eigenvalue weighted by molar-refractivity contribution is 0.0665. The molecule has 0 spiro atoms. The van der Waals surface area contributed by atoms with Gasteiger partial charge in [-0.3, -0.25) is 4.79 Å². The van der Waals surface area contributed by atoms with E-state index in [-0.39, 0.29) is 11.9 Å². The molecule has 7 heteroatoms. The number of benzene rings is 1. The largest absolute Gasteiger partial charge is 0.493 e. The summed E-state index contributed by atoms with van der Waals surface area (Å²) in [6.07, 6.45) is 7.34. The molecule has 0 radical (unpaired) electrons. The van der Waals surface area contributed by atoms with Crippen molar-refractivity contribution in [3.63, 3.8) is 0 Å². The number of carbonyl (C=O) groups is 1. The van der Waals surface area contributed by atoms with Gasteiger partial charge < -0.3 is 29.7 Å². The fourth-order valence-electron chi connectivity index (χ4n) is 4.95. The first kappa shape index (κ1) is 25.8. The van der Waals surface area contributed by atoms with Gasteiger partial charge in [-0.15, -0.1) is 0 Å². The molecule has 2 atom stereocenters. The Hall–Kier alpha value is -1.83. The number of hydrogen-bond donors (Lipinski definition) is 2. The highest BCUT2D eigenvalue weighted by molar-refractivity contribution is 5.95. The van der Waals surface area contributed by atoms with Crippen LogP contribution in [0, 0.1) is 5.92 Å². The van der Waals surface area contributed by atoms with E-state index in [1.54, 1.807) is 14.2 Å². The second-order valence-electron chi connectivity index (χ2n) is 9.64. The summed E-state index contributed by atoms with van der Waals surface area (Å²) in [5.41, 5.74) is 0.633. The summed E-state index contributed by atoms with van der Waals surface area (Å²) in [5, 5.41) is 7.45. The monoisotopic (exact) mass is 461 g/mol. The van der Waals surface area contributed by atoms with Crippen LogP contribution in [0.25, 0.3) is 0 Å². The van der Waals surface area contributed by atoms with Crippen LogP contribution in [0.4, 0.5) is 0 Å². The summed E-state index contributed by atoms with van der Waals surface area (Å²) < 4.78 is 16.4.